The topological polar surface area (TPSA) is 67.6 Å². The average Bonchev–Trinajstić information content (AvgIpc) is 2.26. The first-order valence-corrected chi connectivity index (χ1v) is 5.11. The fraction of sp³-hybridized carbons (Fsp3) is 0.889. The van der Waals surface area contributed by atoms with Gasteiger partial charge in [0.05, 0.1) is 19.3 Å². The predicted molar refractivity (Wildman–Crippen MR) is 53.4 cm³/mol. The summed E-state index contributed by atoms with van der Waals surface area (Å²) in [5.41, 5.74) is 2.23. The van der Waals surface area contributed by atoms with Crippen molar-refractivity contribution in [1.29, 1.82) is 0 Å². The minimum Gasteiger partial charge on any atom is -0.379 e. The SMILES string of the molecule is CCC[C@H](C(=O)NN)N1CCOCC1. The molecule has 1 saturated heterocycles. The molecular weight excluding hydrogens is 182 g/mol. The van der Waals surface area contributed by atoms with Gasteiger partial charge in [-0.1, -0.05) is 13.3 Å². The smallest absolute Gasteiger partial charge is 0.251 e. The van der Waals surface area contributed by atoms with E-state index in [9.17, 15) is 4.79 Å². The molecule has 1 amide bonds. The Bertz CT molecular complexity index is 181. The van der Waals surface area contributed by atoms with E-state index in [0.29, 0.717) is 13.2 Å². The lowest BCUT2D eigenvalue weighted by atomic mass is 10.1. The lowest BCUT2D eigenvalue weighted by Crippen LogP contribution is -2.52. The van der Waals surface area contributed by atoms with Crippen molar-refractivity contribution in [2.45, 2.75) is 25.8 Å². The molecule has 0 aliphatic carbocycles. The molecule has 1 aliphatic heterocycles. The van der Waals surface area contributed by atoms with E-state index >= 15 is 0 Å². The molecule has 0 spiro atoms. The summed E-state index contributed by atoms with van der Waals surface area (Å²) in [6.07, 6.45) is 1.83. The van der Waals surface area contributed by atoms with E-state index < -0.39 is 0 Å². The molecule has 1 aliphatic rings. The number of morpholine rings is 1. The van der Waals surface area contributed by atoms with E-state index in [-0.39, 0.29) is 11.9 Å². The Balaban J connectivity index is 2.50. The highest BCUT2D eigenvalue weighted by molar-refractivity contribution is 5.81. The molecule has 0 unspecified atom stereocenters. The van der Waals surface area contributed by atoms with Crippen LogP contribution in [0.15, 0.2) is 0 Å². The van der Waals surface area contributed by atoms with Crippen LogP contribution in [-0.2, 0) is 9.53 Å². The molecule has 1 rings (SSSR count). The van der Waals surface area contributed by atoms with E-state index in [1.54, 1.807) is 0 Å². The summed E-state index contributed by atoms with van der Waals surface area (Å²) in [5.74, 6) is 5.06. The van der Waals surface area contributed by atoms with Gasteiger partial charge >= 0.3 is 0 Å². The molecule has 1 atom stereocenters. The molecule has 14 heavy (non-hydrogen) atoms. The van der Waals surface area contributed by atoms with Gasteiger partial charge in [-0.25, -0.2) is 5.84 Å². The average molecular weight is 201 g/mol. The van der Waals surface area contributed by atoms with Crippen LogP contribution in [0, 0.1) is 0 Å². The molecule has 0 aromatic rings. The Morgan fingerprint density at radius 1 is 1.57 bits per heavy atom. The van der Waals surface area contributed by atoms with Gasteiger partial charge in [0.1, 0.15) is 0 Å². The second-order valence-electron chi connectivity index (χ2n) is 3.46. The minimum atomic E-state index is -0.0891. The van der Waals surface area contributed by atoms with Crippen LogP contribution in [0.5, 0.6) is 0 Å². The number of nitrogens with one attached hydrogen (secondary N) is 1. The first-order chi connectivity index (χ1) is 6.79. The number of nitrogens with zero attached hydrogens (tertiary/aromatic N) is 1. The number of hydrogen-bond acceptors (Lipinski definition) is 4. The maximum Gasteiger partial charge on any atom is 0.251 e. The van der Waals surface area contributed by atoms with Crippen LogP contribution >= 0.6 is 0 Å². The van der Waals surface area contributed by atoms with Crippen molar-refractivity contribution in [1.82, 2.24) is 10.3 Å². The summed E-state index contributed by atoms with van der Waals surface area (Å²) >= 11 is 0. The molecule has 5 nitrogen and oxygen atoms in total. The molecule has 0 radical (unpaired) electrons. The summed E-state index contributed by atoms with van der Waals surface area (Å²) in [5, 5.41) is 0. The molecule has 82 valence electrons. The zero-order valence-electron chi connectivity index (χ0n) is 8.66. The standard InChI is InChI=1S/C9H19N3O2/c1-2-3-8(9(13)11-10)12-4-6-14-7-5-12/h8H,2-7,10H2,1H3,(H,11,13)/t8-/m1/s1. The molecular formula is C9H19N3O2. The third-order valence-electron chi connectivity index (χ3n) is 2.49. The second kappa shape index (κ2) is 5.95. The molecule has 5 heteroatoms. The van der Waals surface area contributed by atoms with Gasteiger partial charge < -0.3 is 4.74 Å². The Hall–Kier alpha value is -0.650. The highest BCUT2D eigenvalue weighted by Gasteiger charge is 2.25. The van der Waals surface area contributed by atoms with Crippen molar-refractivity contribution in [3.8, 4) is 0 Å². The maximum atomic E-state index is 11.5. The number of hydrogen-bond donors (Lipinski definition) is 2. The third-order valence-corrected chi connectivity index (χ3v) is 2.49. The number of rotatable bonds is 4. The van der Waals surface area contributed by atoms with Gasteiger partial charge in [0.2, 0.25) is 0 Å². The Morgan fingerprint density at radius 2 is 2.21 bits per heavy atom. The van der Waals surface area contributed by atoms with E-state index in [1.807, 2.05) is 0 Å². The monoisotopic (exact) mass is 201 g/mol. The number of carbonyl (C=O) groups is 1. The first-order valence-electron chi connectivity index (χ1n) is 5.11. The fourth-order valence-corrected chi connectivity index (χ4v) is 1.74. The number of ether oxygens (including phenoxy) is 1. The van der Waals surface area contributed by atoms with Gasteiger partial charge in [0, 0.05) is 13.1 Å². The highest BCUT2D eigenvalue weighted by atomic mass is 16.5. The Labute approximate surface area is 84.5 Å². The third kappa shape index (κ3) is 2.94. The minimum absolute atomic E-state index is 0.0890. The van der Waals surface area contributed by atoms with Crippen molar-refractivity contribution >= 4 is 5.91 Å². The highest BCUT2D eigenvalue weighted by Crippen LogP contribution is 2.09. The quantitative estimate of drug-likeness (QED) is 0.365. The first kappa shape index (κ1) is 11.4. The van der Waals surface area contributed by atoms with Gasteiger partial charge in [0.25, 0.3) is 5.91 Å². The number of carbonyl (C=O) groups excluding carboxylic acids is 1. The van der Waals surface area contributed by atoms with Crippen molar-refractivity contribution in [3.05, 3.63) is 0 Å². The van der Waals surface area contributed by atoms with Gasteiger partial charge in [-0.2, -0.15) is 0 Å². The van der Waals surface area contributed by atoms with Crippen LogP contribution in [-0.4, -0.2) is 43.2 Å². The van der Waals surface area contributed by atoms with E-state index in [0.717, 1.165) is 25.9 Å². The fourth-order valence-electron chi connectivity index (χ4n) is 1.74. The second-order valence-corrected chi connectivity index (χ2v) is 3.46. The Kier molecular flexibility index (Phi) is 4.86. The number of nitrogens with two attached hydrogens (primary N) is 1. The van der Waals surface area contributed by atoms with E-state index in [1.165, 1.54) is 0 Å². The zero-order valence-corrected chi connectivity index (χ0v) is 8.66. The lowest BCUT2D eigenvalue weighted by molar-refractivity contribution is -0.128. The van der Waals surface area contributed by atoms with Gasteiger partial charge in [-0.05, 0) is 6.42 Å². The van der Waals surface area contributed by atoms with E-state index in [2.05, 4.69) is 17.2 Å². The normalized spacial score (nSPS) is 20.4. The molecule has 0 saturated carbocycles. The van der Waals surface area contributed by atoms with Gasteiger partial charge in [0.15, 0.2) is 0 Å². The van der Waals surface area contributed by atoms with Crippen LogP contribution in [0.2, 0.25) is 0 Å². The zero-order chi connectivity index (χ0) is 10.4. The summed E-state index contributed by atoms with van der Waals surface area (Å²) in [6.45, 7) is 5.11. The Morgan fingerprint density at radius 3 is 2.71 bits per heavy atom. The van der Waals surface area contributed by atoms with Crippen molar-refractivity contribution in [2.75, 3.05) is 26.3 Å². The van der Waals surface area contributed by atoms with Crippen LogP contribution in [0.4, 0.5) is 0 Å². The van der Waals surface area contributed by atoms with Crippen molar-refractivity contribution < 1.29 is 9.53 Å². The van der Waals surface area contributed by atoms with Crippen LogP contribution < -0.4 is 11.3 Å². The molecule has 0 aromatic heterocycles. The molecule has 0 aromatic carbocycles. The number of amides is 1. The molecule has 3 N–H and O–H groups in total. The van der Waals surface area contributed by atoms with Crippen molar-refractivity contribution in [2.24, 2.45) is 5.84 Å². The van der Waals surface area contributed by atoms with Crippen LogP contribution in [0.1, 0.15) is 19.8 Å². The summed E-state index contributed by atoms with van der Waals surface area (Å²) in [6, 6.07) is -0.0890. The van der Waals surface area contributed by atoms with Crippen LogP contribution in [0.25, 0.3) is 0 Å². The maximum absolute atomic E-state index is 11.5. The summed E-state index contributed by atoms with van der Waals surface area (Å²) in [4.78, 5) is 13.6. The van der Waals surface area contributed by atoms with Gasteiger partial charge in [-0.3, -0.25) is 15.1 Å². The largest absolute Gasteiger partial charge is 0.379 e. The molecule has 1 fully saturated rings. The summed E-state index contributed by atoms with van der Waals surface area (Å²) < 4.78 is 5.24. The molecule has 1 heterocycles. The lowest BCUT2D eigenvalue weighted by Gasteiger charge is -2.32. The van der Waals surface area contributed by atoms with Gasteiger partial charge in [-0.15, -0.1) is 0 Å². The van der Waals surface area contributed by atoms with E-state index in [4.69, 9.17) is 10.6 Å². The van der Waals surface area contributed by atoms with Crippen LogP contribution in [0.3, 0.4) is 0 Å². The van der Waals surface area contributed by atoms with Crippen molar-refractivity contribution in [3.63, 3.8) is 0 Å². The number of hydrazine groups is 1. The molecule has 0 bridgehead atoms. The predicted octanol–water partition coefficient (Wildman–Crippen LogP) is -0.523. The summed E-state index contributed by atoms with van der Waals surface area (Å²) in [7, 11) is 0.